The van der Waals surface area contributed by atoms with Crippen LogP contribution in [0.2, 0.25) is 0 Å². The van der Waals surface area contributed by atoms with E-state index < -0.39 is 0 Å². The number of phenolic OH excluding ortho intramolecular Hbond substituents is 1. The Labute approximate surface area is 107 Å². The van der Waals surface area contributed by atoms with Gasteiger partial charge in [-0.05, 0) is 38.1 Å². The SMILES string of the molecule is CC(C)N(CCO)CC(=O)Nc1ccc(O)cc1. The van der Waals surface area contributed by atoms with Crippen molar-refractivity contribution >= 4 is 11.6 Å². The molecular formula is C13H20N2O3. The van der Waals surface area contributed by atoms with Gasteiger partial charge in [-0.25, -0.2) is 0 Å². The van der Waals surface area contributed by atoms with Crippen LogP contribution in [0.5, 0.6) is 5.75 Å². The van der Waals surface area contributed by atoms with Crippen LogP contribution in [0.4, 0.5) is 5.69 Å². The largest absolute Gasteiger partial charge is 0.508 e. The second-order valence-electron chi connectivity index (χ2n) is 4.38. The summed E-state index contributed by atoms with van der Waals surface area (Å²) in [6.45, 7) is 4.69. The summed E-state index contributed by atoms with van der Waals surface area (Å²) in [5.41, 5.74) is 0.644. The van der Waals surface area contributed by atoms with Gasteiger partial charge in [0.2, 0.25) is 5.91 Å². The maximum Gasteiger partial charge on any atom is 0.238 e. The number of hydrogen-bond acceptors (Lipinski definition) is 4. The molecule has 1 amide bonds. The minimum Gasteiger partial charge on any atom is -0.508 e. The molecule has 1 aromatic rings. The molecular weight excluding hydrogens is 232 g/mol. The summed E-state index contributed by atoms with van der Waals surface area (Å²) >= 11 is 0. The van der Waals surface area contributed by atoms with Gasteiger partial charge in [-0.1, -0.05) is 0 Å². The average molecular weight is 252 g/mol. The second kappa shape index (κ2) is 6.98. The van der Waals surface area contributed by atoms with Crippen molar-refractivity contribution in [1.29, 1.82) is 0 Å². The maximum atomic E-state index is 11.8. The zero-order valence-corrected chi connectivity index (χ0v) is 10.8. The molecule has 3 N–H and O–H groups in total. The highest BCUT2D eigenvalue weighted by molar-refractivity contribution is 5.92. The second-order valence-corrected chi connectivity index (χ2v) is 4.38. The molecule has 5 nitrogen and oxygen atoms in total. The fourth-order valence-electron chi connectivity index (χ4n) is 1.58. The smallest absolute Gasteiger partial charge is 0.238 e. The summed E-state index contributed by atoms with van der Waals surface area (Å²) in [6.07, 6.45) is 0. The van der Waals surface area contributed by atoms with Gasteiger partial charge in [-0.15, -0.1) is 0 Å². The Morgan fingerprint density at radius 1 is 1.33 bits per heavy atom. The Morgan fingerprint density at radius 2 is 1.94 bits per heavy atom. The number of phenols is 1. The van der Waals surface area contributed by atoms with Gasteiger partial charge in [0.15, 0.2) is 0 Å². The first-order chi connectivity index (χ1) is 8.52. The van der Waals surface area contributed by atoms with Crippen LogP contribution in [-0.4, -0.2) is 46.8 Å². The van der Waals surface area contributed by atoms with Gasteiger partial charge in [0.05, 0.1) is 13.2 Å². The molecule has 0 bridgehead atoms. The van der Waals surface area contributed by atoms with Crippen LogP contribution >= 0.6 is 0 Å². The Hall–Kier alpha value is -1.59. The van der Waals surface area contributed by atoms with E-state index in [9.17, 15) is 4.79 Å². The van der Waals surface area contributed by atoms with Crippen molar-refractivity contribution in [3.63, 3.8) is 0 Å². The zero-order chi connectivity index (χ0) is 13.5. The Balaban J connectivity index is 2.52. The van der Waals surface area contributed by atoms with Crippen molar-refractivity contribution in [3.8, 4) is 5.75 Å². The summed E-state index contributed by atoms with van der Waals surface area (Å²) in [4.78, 5) is 13.7. The number of rotatable bonds is 6. The van der Waals surface area contributed by atoms with Crippen molar-refractivity contribution in [1.82, 2.24) is 4.90 Å². The molecule has 0 atom stereocenters. The van der Waals surface area contributed by atoms with E-state index in [1.165, 1.54) is 12.1 Å². The zero-order valence-electron chi connectivity index (χ0n) is 10.8. The number of carbonyl (C=O) groups is 1. The quantitative estimate of drug-likeness (QED) is 0.661. The van der Waals surface area contributed by atoms with Gasteiger partial charge in [-0.3, -0.25) is 9.69 Å². The number of anilines is 1. The van der Waals surface area contributed by atoms with Crippen molar-refractivity contribution in [2.24, 2.45) is 0 Å². The molecule has 0 aliphatic heterocycles. The van der Waals surface area contributed by atoms with Crippen LogP contribution in [0.25, 0.3) is 0 Å². The van der Waals surface area contributed by atoms with E-state index in [0.717, 1.165) is 0 Å². The third kappa shape index (κ3) is 4.73. The minimum atomic E-state index is -0.136. The highest BCUT2D eigenvalue weighted by Crippen LogP contribution is 2.13. The van der Waals surface area contributed by atoms with E-state index in [-0.39, 0.29) is 30.9 Å². The molecule has 0 fully saturated rings. The van der Waals surface area contributed by atoms with E-state index in [0.29, 0.717) is 12.2 Å². The van der Waals surface area contributed by atoms with Crippen molar-refractivity contribution < 1.29 is 15.0 Å². The van der Waals surface area contributed by atoms with Crippen LogP contribution < -0.4 is 5.32 Å². The third-order valence-corrected chi connectivity index (χ3v) is 2.62. The number of benzene rings is 1. The normalized spacial score (nSPS) is 10.9. The highest BCUT2D eigenvalue weighted by atomic mass is 16.3. The topological polar surface area (TPSA) is 72.8 Å². The van der Waals surface area contributed by atoms with Gasteiger partial charge in [-0.2, -0.15) is 0 Å². The highest BCUT2D eigenvalue weighted by Gasteiger charge is 2.13. The van der Waals surface area contributed by atoms with Crippen molar-refractivity contribution in [2.75, 3.05) is 25.0 Å². The monoisotopic (exact) mass is 252 g/mol. The summed E-state index contributed by atoms with van der Waals surface area (Å²) in [5, 5.41) is 20.8. The lowest BCUT2D eigenvalue weighted by Gasteiger charge is -2.24. The van der Waals surface area contributed by atoms with Gasteiger partial charge in [0.1, 0.15) is 5.75 Å². The van der Waals surface area contributed by atoms with E-state index in [1.807, 2.05) is 18.7 Å². The molecule has 0 aliphatic carbocycles. The van der Waals surface area contributed by atoms with Crippen molar-refractivity contribution in [3.05, 3.63) is 24.3 Å². The number of aromatic hydroxyl groups is 1. The molecule has 0 aliphatic rings. The lowest BCUT2D eigenvalue weighted by molar-refractivity contribution is -0.117. The predicted octanol–water partition coefficient (Wildman–Crippen LogP) is 1.03. The van der Waals surface area contributed by atoms with Crippen molar-refractivity contribution in [2.45, 2.75) is 19.9 Å². The van der Waals surface area contributed by atoms with Crippen LogP contribution in [0, 0.1) is 0 Å². The van der Waals surface area contributed by atoms with Gasteiger partial charge in [0.25, 0.3) is 0 Å². The summed E-state index contributed by atoms with van der Waals surface area (Å²) < 4.78 is 0. The lowest BCUT2D eigenvalue weighted by atomic mass is 10.3. The van der Waals surface area contributed by atoms with E-state index in [4.69, 9.17) is 10.2 Å². The number of carbonyl (C=O) groups excluding carboxylic acids is 1. The first-order valence-corrected chi connectivity index (χ1v) is 5.96. The van der Waals surface area contributed by atoms with E-state index in [1.54, 1.807) is 12.1 Å². The Bertz CT molecular complexity index is 376. The van der Waals surface area contributed by atoms with E-state index >= 15 is 0 Å². The van der Waals surface area contributed by atoms with Crippen LogP contribution in [-0.2, 0) is 4.79 Å². The first-order valence-electron chi connectivity index (χ1n) is 5.96. The standard InChI is InChI=1S/C13H20N2O3/c1-10(2)15(7-8-16)9-13(18)14-11-3-5-12(17)6-4-11/h3-6,10,16-17H,7-9H2,1-2H3,(H,14,18). The number of nitrogens with zero attached hydrogens (tertiary/aromatic N) is 1. The summed E-state index contributed by atoms with van der Waals surface area (Å²) in [6, 6.07) is 6.51. The van der Waals surface area contributed by atoms with E-state index in [2.05, 4.69) is 5.32 Å². The average Bonchev–Trinajstić information content (AvgIpc) is 2.31. The molecule has 1 rings (SSSR count). The summed E-state index contributed by atoms with van der Waals surface area (Å²) in [5.74, 6) is 0.0277. The predicted molar refractivity (Wildman–Crippen MR) is 70.5 cm³/mol. The molecule has 0 saturated carbocycles. The van der Waals surface area contributed by atoms with Gasteiger partial charge in [0, 0.05) is 18.3 Å². The van der Waals surface area contributed by atoms with Crippen LogP contribution in [0.3, 0.4) is 0 Å². The molecule has 0 heterocycles. The number of nitrogens with one attached hydrogen (secondary N) is 1. The lowest BCUT2D eigenvalue weighted by Crippen LogP contribution is -2.39. The van der Waals surface area contributed by atoms with Crippen LogP contribution in [0.15, 0.2) is 24.3 Å². The Kier molecular flexibility index (Phi) is 5.61. The summed E-state index contributed by atoms with van der Waals surface area (Å²) in [7, 11) is 0. The molecule has 0 spiro atoms. The number of hydrogen-bond donors (Lipinski definition) is 3. The maximum absolute atomic E-state index is 11.8. The molecule has 0 unspecified atom stereocenters. The fourth-order valence-corrected chi connectivity index (χ4v) is 1.58. The first kappa shape index (κ1) is 14.5. The van der Waals surface area contributed by atoms with Gasteiger partial charge >= 0.3 is 0 Å². The van der Waals surface area contributed by atoms with Crippen LogP contribution in [0.1, 0.15) is 13.8 Å². The molecule has 1 aromatic carbocycles. The molecule has 0 radical (unpaired) electrons. The molecule has 5 heteroatoms. The number of aliphatic hydroxyl groups is 1. The fraction of sp³-hybridized carbons (Fsp3) is 0.462. The molecule has 18 heavy (non-hydrogen) atoms. The molecule has 0 aromatic heterocycles. The number of amides is 1. The molecule has 100 valence electrons. The third-order valence-electron chi connectivity index (χ3n) is 2.62. The minimum absolute atomic E-state index is 0.0324. The molecule has 0 saturated heterocycles. The Morgan fingerprint density at radius 3 is 2.44 bits per heavy atom. The number of aliphatic hydroxyl groups excluding tert-OH is 1. The van der Waals surface area contributed by atoms with Gasteiger partial charge < -0.3 is 15.5 Å².